The number of ether oxygens (including phenoxy) is 2. The van der Waals surface area contributed by atoms with Crippen LogP contribution in [0, 0.1) is 11.3 Å². The first kappa shape index (κ1) is 15.7. The number of alkyl halides is 2. The Kier molecular flexibility index (Phi) is 4.00. The highest BCUT2D eigenvalue weighted by atomic mass is 19.3. The van der Waals surface area contributed by atoms with Crippen molar-refractivity contribution in [1.82, 2.24) is 14.6 Å². The number of nitrogens with zero attached hydrogens (tertiary/aromatic N) is 4. The van der Waals surface area contributed by atoms with Crippen molar-refractivity contribution < 1.29 is 18.3 Å². The number of methoxy groups -OCH3 is 2. The smallest absolute Gasteiger partial charge is 0.280 e. The number of rotatable bonds is 4. The van der Waals surface area contributed by atoms with Crippen LogP contribution in [0.3, 0.4) is 0 Å². The minimum Gasteiger partial charge on any atom is -0.493 e. The Bertz CT molecular complexity index is 947. The predicted octanol–water partition coefficient (Wildman–Crippen LogP) is 3.22. The maximum absolute atomic E-state index is 13.4. The van der Waals surface area contributed by atoms with Crippen LogP contribution in [0.1, 0.15) is 17.7 Å². The van der Waals surface area contributed by atoms with Gasteiger partial charge >= 0.3 is 0 Å². The molecule has 24 heavy (non-hydrogen) atoms. The van der Waals surface area contributed by atoms with Crippen LogP contribution in [-0.2, 0) is 0 Å². The van der Waals surface area contributed by atoms with Crippen molar-refractivity contribution in [3.63, 3.8) is 0 Å². The Morgan fingerprint density at radius 3 is 2.54 bits per heavy atom. The van der Waals surface area contributed by atoms with Crippen molar-refractivity contribution in [2.24, 2.45) is 0 Å². The van der Waals surface area contributed by atoms with E-state index >= 15 is 0 Å². The van der Waals surface area contributed by atoms with Crippen molar-refractivity contribution in [1.29, 1.82) is 5.26 Å². The van der Waals surface area contributed by atoms with Crippen LogP contribution in [0.2, 0.25) is 0 Å². The van der Waals surface area contributed by atoms with Gasteiger partial charge in [0.05, 0.1) is 26.1 Å². The first-order valence-electron chi connectivity index (χ1n) is 6.88. The number of nitriles is 1. The fourth-order valence-electron chi connectivity index (χ4n) is 2.36. The highest BCUT2D eigenvalue weighted by molar-refractivity contribution is 5.68. The zero-order valence-electron chi connectivity index (χ0n) is 12.8. The lowest BCUT2D eigenvalue weighted by Crippen LogP contribution is -2.03. The van der Waals surface area contributed by atoms with E-state index < -0.39 is 6.43 Å². The minimum atomic E-state index is -2.76. The first-order chi connectivity index (χ1) is 11.6. The van der Waals surface area contributed by atoms with Gasteiger partial charge in [-0.3, -0.25) is 0 Å². The molecule has 0 spiro atoms. The summed E-state index contributed by atoms with van der Waals surface area (Å²) in [6.07, 6.45) is -1.55. The summed E-state index contributed by atoms with van der Waals surface area (Å²) in [6, 6.07) is 8.11. The van der Waals surface area contributed by atoms with E-state index in [1.165, 1.54) is 26.5 Å². The van der Waals surface area contributed by atoms with E-state index in [1.54, 1.807) is 18.2 Å². The number of benzene rings is 1. The summed E-state index contributed by atoms with van der Waals surface area (Å²) in [5.41, 5.74) is 0.712. The van der Waals surface area contributed by atoms with Gasteiger partial charge in [0, 0.05) is 5.56 Å². The third-order valence-electron chi connectivity index (χ3n) is 3.52. The third kappa shape index (κ3) is 2.50. The zero-order valence-corrected chi connectivity index (χ0v) is 12.8. The van der Waals surface area contributed by atoms with Crippen molar-refractivity contribution in [2.45, 2.75) is 6.43 Å². The topological polar surface area (TPSA) is 72.4 Å². The molecule has 2 heterocycles. The minimum absolute atomic E-state index is 0.0834. The normalized spacial score (nSPS) is 10.8. The van der Waals surface area contributed by atoms with E-state index in [9.17, 15) is 8.78 Å². The molecule has 0 N–H and O–H groups in total. The van der Waals surface area contributed by atoms with Gasteiger partial charge in [-0.15, -0.1) is 0 Å². The lowest BCUT2D eigenvalue weighted by molar-refractivity contribution is 0.143. The largest absolute Gasteiger partial charge is 0.493 e. The molecule has 3 rings (SSSR count). The van der Waals surface area contributed by atoms with Crippen LogP contribution in [0.15, 0.2) is 30.5 Å². The Morgan fingerprint density at radius 2 is 1.92 bits per heavy atom. The van der Waals surface area contributed by atoms with Crippen LogP contribution in [0.4, 0.5) is 8.78 Å². The maximum atomic E-state index is 13.4. The van der Waals surface area contributed by atoms with Crippen LogP contribution >= 0.6 is 0 Å². The van der Waals surface area contributed by atoms with E-state index in [0.717, 1.165) is 4.52 Å². The summed E-state index contributed by atoms with van der Waals surface area (Å²) < 4.78 is 38.1. The van der Waals surface area contributed by atoms with Gasteiger partial charge in [-0.2, -0.15) is 10.4 Å². The number of hydrogen-bond acceptors (Lipinski definition) is 5. The number of hydrogen-bond donors (Lipinski definition) is 0. The fourth-order valence-corrected chi connectivity index (χ4v) is 2.36. The van der Waals surface area contributed by atoms with E-state index in [1.807, 2.05) is 6.07 Å². The highest BCUT2D eigenvalue weighted by Crippen LogP contribution is 2.33. The lowest BCUT2D eigenvalue weighted by atomic mass is 10.1. The Labute approximate surface area is 135 Å². The SMILES string of the molecule is COc1ccc(-c2cc(C(F)F)n3ncc(C#N)c3n2)cc1OC. The Balaban J connectivity index is 2.25. The predicted molar refractivity (Wildman–Crippen MR) is 81.2 cm³/mol. The van der Waals surface area contributed by atoms with Gasteiger partial charge in [0.15, 0.2) is 17.1 Å². The highest BCUT2D eigenvalue weighted by Gasteiger charge is 2.19. The van der Waals surface area contributed by atoms with Gasteiger partial charge in [-0.1, -0.05) is 0 Å². The van der Waals surface area contributed by atoms with E-state index in [0.29, 0.717) is 17.1 Å². The van der Waals surface area contributed by atoms with Gasteiger partial charge in [0.25, 0.3) is 6.43 Å². The molecular weight excluding hydrogens is 318 g/mol. The second-order valence-corrected chi connectivity index (χ2v) is 4.84. The van der Waals surface area contributed by atoms with Crippen molar-refractivity contribution in [3.8, 4) is 28.8 Å². The molecule has 6 nitrogen and oxygen atoms in total. The summed E-state index contributed by atoms with van der Waals surface area (Å²) in [5, 5.41) is 12.9. The van der Waals surface area contributed by atoms with E-state index in [2.05, 4.69) is 10.1 Å². The summed E-state index contributed by atoms with van der Waals surface area (Å²) in [7, 11) is 2.98. The van der Waals surface area contributed by atoms with Crippen LogP contribution in [0.5, 0.6) is 11.5 Å². The zero-order chi connectivity index (χ0) is 17.3. The number of halogens is 2. The summed E-state index contributed by atoms with van der Waals surface area (Å²) >= 11 is 0. The molecule has 0 fully saturated rings. The number of aromatic nitrogens is 3. The molecular formula is C16H12F2N4O2. The Morgan fingerprint density at radius 1 is 1.17 bits per heavy atom. The maximum Gasteiger partial charge on any atom is 0.280 e. The van der Waals surface area contributed by atoms with E-state index in [4.69, 9.17) is 14.7 Å². The molecule has 0 unspecified atom stereocenters. The fraction of sp³-hybridized carbons (Fsp3) is 0.188. The number of fused-ring (bicyclic) bond motifs is 1. The molecule has 3 aromatic rings. The van der Waals surface area contributed by atoms with Gasteiger partial charge in [-0.05, 0) is 24.3 Å². The molecule has 0 bridgehead atoms. The van der Waals surface area contributed by atoms with Crippen molar-refractivity contribution in [3.05, 3.63) is 41.7 Å². The average molecular weight is 330 g/mol. The lowest BCUT2D eigenvalue weighted by Gasteiger charge is -2.11. The molecule has 2 aromatic heterocycles. The summed E-state index contributed by atoms with van der Waals surface area (Å²) in [5.74, 6) is 0.961. The molecule has 122 valence electrons. The molecule has 0 aliphatic rings. The molecule has 0 saturated carbocycles. The van der Waals surface area contributed by atoms with Gasteiger partial charge in [0.2, 0.25) is 0 Å². The van der Waals surface area contributed by atoms with Gasteiger partial charge < -0.3 is 9.47 Å². The summed E-state index contributed by atoms with van der Waals surface area (Å²) in [4.78, 5) is 4.30. The molecule has 0 aliphatic heterocycles. The molecule has 0 atom stereocenters. The molecule has 8 heteroatoms. The molecule has 0 amide bonds. The molecule has 0 aliphatic carbocycles. The molecule has 1 aromatic carbocycles. The van der Waals surface area contributed by atoms with Crippen molar-refractivity contribution >= 4 is 5.65 Å². The van der Waals surface area contributed by atoms with Crippen molar-refractivity contribution in [2.75, 3.05) is 14.2 Å². The van der Waals surface area contributed by atoms with Gasteiger partial charge in [0.1, 0.15) is 17.3 Å². The van der Waals surface area contributed by atoms with E-state index in [-0.39, 0.29) is 22.6 Å². The third-order valence-corrected chi connectivity index (χ3v) is 3.52. The quantitative estimate of drug-likeness (QED) is 0.734. The second-order valence-electron chi connectivity index (χ2n) is 4.84. The monoisotopic (exact) mass is 330 g/mol. The average Bonchev–Trinajstić information content (AvgIpc) is 3.03. The summed E-state index contributed by atoms with van der Waals surface area (Å²) in [6.45, 7) is 0. The van der Waals surface area contributed by atoms with Gasteiger partial charge in [-0.25, -0.2) is 18.3 Å². The Hall–Kier alpha value is -3.21. The van der Waals surface area contributed by atoms with Crippen LogP contribution < -0.4 is 9.47 Å². The molecule has 0 radical (unpaired) electrons. The first-order valence-corrected chi connectivity index (χ1v) is 6.88. The van der Waals surface area contributed by atoms with Crippen LogP contribution in [0.25, 0.3) is 16.9 Å². The molecule has 0 saturated heterocycles. The van der Waals surface area contributed by atoms with Crippen LogP contribution in [-0.4, -0.2) is 28.8 Å². The standard InChI is InChI=1S/C16H12F2N4O2/c1-23-13-4-3-9(5-14(13)24-2)11-6-12(15(17)18)22-16(21-11)10(7-19)8-20-22/h3-6,8,15H,1-2H3. The second kappa shape index (κ2) is 6.12.